The van der Waals surface area contributed by atoms with Gasteiger partial charge in [0, 0.05) is 11.2 Å². The second kappa shape index (κ2) is 5.23. The minimum absolute atomic E-state index is 0.00565. The molecule has 0 bridgehead atoms. The summed E-state index contributed by atoms with van der Waals surface area (Å²) in [7, 11) is 1.17. The van der Waals surface area contributed by atoms with Crippen LogP contribution in [0.25, 0.3) is 5.69 Å². The number of hydrogen-bond acceptors (Lipinski definition) is 4. The maximum Gasteiger partial charge on any atom is 0.357 e. The smallest absolute Gasteiger partial charge is 0.357 e. The zero-order chi connectivity index (χ0) is 14.9. The summed E-state index contributed by atoms with van der Waals surface area (Å²) >= 11 is 5.82. The van der Waals surface area contributed by atoms with Crippen molar-refractivity contribution in [2.45, 2.75) is 0 Å². The van der Waals surface area contributed by atoms with Gasteiger partial charge in [-0.3, -0.25) is 0 Å². The van der Waals surface area contributed by atoms with Gasteiger partial charge in [-0.1, -0.05) is 11.6 Å². The number of rotatable bonds is 2. The van der Waals surface area contributed by atoms with Gasteiger partial charge in [0.25, 0.3) is 0 Å². The molecule has 102 valence electrons. The monoisotopic (exact) mass is 293 g/mol. The molecule has 0 aliphatic rings. The minimum Gasteiger partial charge on any atom is -0.464 e. The number of aromatic nitrogens is 1. The molecule has 1 heterocycles. The highest BCUT2D eigenvalue weighted by molar-refractivity contribution is 6.30. The Balaban J connectivity index is 2.77. The highest BCUT2D eigenvalue weighted by Crippen LogP contribution is 2.27. The molecule has 2 rings (SSSR count). The van der Waals surface area contributed by atoms with E-state index in [1.165, 1.54) is 25.4 Å². The first-order valence-corrected chi connectivity index (χ1v) is 5.82. The summed E-state index contributed by atoms with van der Waals surface area (Å²) in [6.45, 7) is 0. The quantitative estimate of drug-likeness (QED) is 0.863. The van der Waals surface area contributed by atoms with E-state index in [4.69, 9.17) is 22.6 Å². The summed E-state index contributed by atoms with van der Waals surface area (Å²) in [6, 6.07) is 5.68. The lowest BCUT2D eigenvalue weighted by Gasteiger charge is -2.09. The number of carbonyl (C=O) groups is 1. The second-order valence-corrected chi connectivity index (χ2v) is 4.31. The van der Waals surface area contributed by atoms with Crippen molar-refractivity contribution in [3.05, 3.63) is 46.5 Å². The summed E-state index contributed by atoms with van der Waals surface area (Å²) in [5.74, 6) is -1.39. The fourth-order valence-electron chi connectivity index (χ4n) is 1.78. The molecule has 0 saturated heterocycles. The fraction of sp³-hybridized carbons (Fsp3) is 0.0769. The molecule has 2 aromatic rings. The van der Waals surface area contributed by atoms with Crippen LogP contribution in [0.2, 0.25) is 5.02 Å². The number of methoxy groups -OCH3 is 1. The molecule has 7 heteroatoms. The van der Waals surface area contributed by atoms with Crippen LogP contribution in [0.3, 0.4) is 0 Å². The predicted octanol–water partition coefficient (Wildman–Crippen LogP) is 2.51. The van der Waals surface area contributed by atoms with E-state index in [1.54, 1.807) is 0 Å². The van der Waals surface area contributed by atoms with Crippen LogP contribution in [0, 0.1) is 17.1 Å². The molecule has 0 aliphatic carbocycles. The van der Waals surface area contributed by atoms with E-state index in [2.05, 4.69) is 4.74 Å². The molecule has 0 spiro atoms. The Bertz CT molecular complexity index is 734. The van der Waals surface area contributed by atoms with Gasteiger partial charge in [-0.05, 0) is 18.2 Å². The van der Waals surface area contributed by atoms with E-state index in [9.17, 15) is 9.18 Å². The molecule has 1 aromatic carbocycles. The van der Waals surface area contributed by atoms with Gasteiger partial charge in [-0.25, -0.2) is 9.18 Å². The third-order valence-electron chi connectivity index (χ3n) is 2.71. The molecular formula is C13H9ClFN3O2. The normalized spacial score (nSPS) is 10.1. The van der Waals surface area contributed by atoms with Crippen molar-refractivity contribution in [3.8, 4) is 11.8 Å². The van der Waals surface area contributed by atoms with Crippen molar-refractivity contribution >= 4 is 23.3 Å². The number of nitrogen functional groups attached to an aromatic ring is 1. The summed E-state index contributed by atoms with van der Waals surface area (Å²) in [4.78, 5) is 11.8. The van der Waals surface area contributed by atoms with Crippen LogP contribution < -0.4 is 5.73 Å². The Morgan fingerprint density at radius 3 is 2.85 bits per heavy atom. The molecule has 0 fully saturated rings. The molecule has 0 radical (unpaired) electrons. The van der Waals surface area contributed by atoms with Crippen LogP contribution in [-0.4, -0.2) is 17.6 Å². The van der Waals surface area contributed by atoms with Gasteiger partial charge in [0.15, 0.2) is 5.69 Å². The van der Waals surface area contributed by atoms with Crippen molar-refractivity contribution in [2.24, 2.45) is 0 Å². The number of hydrogen-bond donors (Lipinski definition) is 1. The molecule has 1 aromatic heterocycles. The molecule has 0 unspecified atom stereocenters. The average molecular weight is 294 g/mol. The van der Waals surface area contributed by atoms with Crippen LogP contribution in [0.1, 0.15) is 16.1 Å². The van der Waals surface area contributed by atoms with Crippen molar-refractivity contribution in [1.29, 1.82) is 5.26 Å². The number of nitrogens with zero attached hydrogens (tertiary/aromatic N) is 2. The number of carbonyl (C=O) groups excluding carboxylic acids is 1. The lowest BCUT2D eigenvalue weighted by Crippen LogP contribution is -2.12. The van der Waals surface area contributed by atoms with Crippen LogP contribution in [0.15, 0.2) is 24.4 Å². The van der Waals surface area contributed by atoms with Crippen LogP contribution in [0.4, 0.5) is 10.1 Å². The van der Waals surface area contributed by atoms with Gasteiger partial charge in [0.05, 0.1) is 24.0 Å². The van der Waals surface area contributed by atoms with Crippen molar-refractivity contribution in [2.75, 3.05) is 12.8 Å². The molecule has 0 amide bonds. The zero-order valence-electron chi connectivity index (χ0n) is 10.4. The summed E-state index contributed by atoms with van der Waals surface area (Å²) in [5.41, 5.74) is 5.58. The van der Waals surface area contributed by atoms with Crippen LogP contribution >= 0.6 is 11.6 Å². The van der Waals surface area contributed by atoms with Gasteiger partial charge in [0.2, 0.25) is 0 Å². The number of anilines is 1. The summed E-state index contributed by atoms with van der Waals surface area (Å²) < 4.78 is 19.6. The second-order valence-electron chi connectivity index (χ2n) is 3.87. The third-order valence-corrected chi connectivity index (χ3v) is 2.95. The first-order chi connectivity index (χ1) is 9.49. The van der Waals surface area contributed by atoms with Crippen molar-refractivity contribution < 1.29 is 13.9 Å². The number of ether oxygens (including phenoxy) is 1. The molecule has 2 N–H and O–H groups in total. The predicted molar refractivity (Wildman–Crippen MR) is 71.2 cm³/mol. The number of benzene rings is 1. The van der Waals surface area contributed by atoms with Crippen molar-refractivity contribution in [3.63, 3.8) is 0 Å². The van der Waals surface area contributed by atoms with E-state index in [1.807, 2.05) is 6.07 Å². The van der Waals surface area contributed by atoms with Crippen LogP contribution in [-0.2, 0) is 4.74 Å². The highest BCUT2D eigenvalue weighted by Gasteiger charge is 2.23. The Morgan fingerprint density at radius 1 is 1.55 bits per heavy atom. The van der Waals surface area contributed by atoms with Gasteiger partial charge in [0.1, 0.15) is 11.9 Å². The van der Waals surface area contributed by atoms with E-state index in [0.29, 0.717) is 0 Å². The standard InChI is InChI=1S/C13H9ClFN3O2/c1-20-13(19)12-11(17)7(5-16)6-18(12)10-4-8(14)2-3-9(10)15/h2-4,6H,17H2,1H3. The number of esters is 1. The van der Waals surface area contributed by atoms with Gasteiger partial charge in [-0.2, -0.15) is 5.26 Å². The summed E-state index contributed by atoms with van der Waals surface area (Å²) in [6.07, 6.45) is 1.26. The highest BCUT2D eigenvalue weighted by atomic mass is 35.5. The Morgan fingerprint density at radius 2 is 2.25 bits per heavy atom. The number of nitrogens with two attached hydrogens (primary N) is 1. The molecule has 0 atom stereocenters. The average Bonchev–Trinajstić information content (AvgIpc) is 2.77. The first-order valence-electron chi connectivity index (χ1n) is 5.44. The van der Waals surface area contributed by atoms with Crippen molar-refractivity contribution in [1.82, 2.24) is 4.57 Å². The van der Waals surface area contributed by atoms with E-state index in [-0.39, 0.29) is 27.7 Å². The Hall–Kier alpha value is -2.52. The summed E-state index contributed by atoms with van der Waals surface area (Å²) in [5, 5.41) is 9.25. The molecule has 20 heavy (non-hydrogen) atoms. The molecule has 0 aliphatic heterocycles. The van der Waals surface area contributed by atoms with Crippen LogP contribution in [0.5, 0.6) is 0 Å². The topological polar surface area (TPSA) is 81.0 Å². The molecule has 5 nitrogen and oxygen atoms in total. The SMILES string of the molecule is COC(=O)c1c(N)c(C#N)cn1-c1cc(Cl)ccc1F. The lowest BCUT2D eigenvalue weighted by atomic mass is 10.2. The number of halogens is 2. The zero-order valence-corrected chi connectivity index (χ0v) is 11.1. The Kier molecular flexibility index (Phi) is 3.63. The number of nitriles is 1. The minimum atomic E-state index is -0.775. The first kappa shape index (κ1) is 13.9. The Labute approximate surface area is 118 Å². The van der Waals surface area contributed by atoms with Gasteiger partial charge >= 0.3 is 5.97 Å². The largest absolute Gasteiger partial charge is 0.464 e. The van der Waals surface area contributed by atoms with E-state index in [0.717, 1.165) is 10.6 Å². The van der Waals surface area contributed by atoms with Gasteiger partial charge in [-0.15, -0.1) is 0 Å². The molecular weight excluding hydrogens is 285 g/mol. The van der Waals surface area contributed by atoms with Gasteiger partial charge < -0.3 is 15.0 Å². The maximum atomic E-state index is 13.9. The van der Waals surface area contributed by atoms with E-state index >= 15 is 0 Å². The maximum absolute atomic E-state index is 13.9. The third kappa shape index (κ3) is 2.19. The lowest BCUT2D eigenvalue weighted by molar-refractivity contribution is 0.0593. The molecule has 0 saturated carbocycles. The fourth-order valence-corrected chi connectivity index (χ4v) is 1.94. The van der Waals surface area contributed by atoms with E-state index < -0.39 is 11.8 Å².